The van der Waals surface area contributed by atoms with Crippen LogP contribution in [0.4, 0.5) is 4.39 Å². The number of hydrogen-bond acceptors (Lipinski definition) is 5. The molecule has 2 aliphatic rings. The Bertz CT molecular complexity index is 589. The first-order valence-corrected chi connectivity index (χ1v) is 7.77. The van der Waals surface area contributed by atoms with E-state index < -0.39 is 17.3 Å². The van der Waals surface area contributed by atoms with E-state index in [0.29, 0.717) is 31.5 Å². The first-order chi connectivity index (χ1) is 11.0. The third kappa shape index (κ3) is 3.46. The summed E-state index contributed by atoms with van der Waals surface area (Å²) in [7, 11) is 0. The Morgan fingerprint density at radius 3 is 2.87 bits per heavy atom. The summed E-state index contributed by atoms with van der Waals surface area (Å²) in [6.45, 7) is 1.03. The predicted octanol–water partition coefficient (Wildman–Crippen LogP) is -0.107. The van der Waals surface area contributed by atoms with Crippen LogP contribution in [0.5, 0.6) is 5.75 Å². The van der Waals surface area contributed by atoms with Gasteiger partial charge in [0.15, 0.2) is 11.6 Å². The van der Waals surface area contributed by atoms with Crippen LogP contribution in [-0.2, 0) is 4.79 Å². The Balaban J connectivity index is 1.67. The molecule has 2 aliphatic heterocycles. The minimum atomic E-state index is -0.967. The molecule has 0 aromatic heterocycles. The lowest BCUT2D eigenvalue weighted by atomic mass is 9.95. The SMILES string of the molecule is O=C1NC(CO)C[C@@H]1c1ccc(OCC2(O)CCNC2)c(F)c1. The van der Waals surface area contributed by atoms with Crippen molar-refractivity contribution in [2.45, 2.75) is 30.4 Å². The van der Waals surface area contributed by atoms with Crippen molar-refractivity contribution in [3.05, 3.63) is 29.6 Å². The summed E-state index contributed by atoms with van der Waals surface area (Å²) < 4.78 is 19.6. The summed E-state index contributed by atoms with van der Waals surface area (Å²) in [5.74, 6) is -1.16. The number of benzene rings is 1. The molecule has 2 fully saturated rings. The topological polar surface area (TPSA) is 90.8 Å². The van der Waals surface area contributed by atoms with Crippen LogP contribution in [0.3, 0.4) is 0 Å². The molecule has 126 valence electrons. The average molecular weight is 324 g/mol. The second-order valence-corrected chi connectivity index (χ2v) is 6.31. The second-order valence-electron chi connectivity index (χ2n) is 6.31. The van der Waals surface area contributed by atoms with E-state index >= 15 is 0 Å². The maximum absolute atomic E-state index is 14.2. The molecule has 7 heteroatoms. The van der Waals surface area contributed by atoms with E-state index in [1.54, 1.807) is 6.07 Å². The maximum Gasteiger partial charge on any atom is 0.227 e. The molecular formula is C16H21FN2O4. The molecule has 2 heterocycles. The lowest BCUT2D eigenvalue weighted by molar-refractivity contribution is -0.120. The molecule has 4 N–H and O–H groups in total. The molecule has 1 amide bonds. The fourth-order valence-corrected chi connectivity index (χ4v) is 3.08. The molecule has 0 bridgehead atoms. The van der Waals surface area contributed by atoms with E-state index in [2.05, 4.69) is 10.6 Å². The summed E-state index contributed by atoms with van der Waals surface area (Å²) in [4.78, 5) is 11.9. The van der Waals surface area contributed by atoms with Gasteiger partial charge in [0.25, 0.3) is 0 Å². The van der Waals surface area contributed by atoms with Gasteiger partial charge in [-0.2, -0.15) is 0 Å². The van der Waals surface area contributed by atoms with Crippen LogP contribution < -0.4 is 15.4 Å². The van der Waals surface area contributed by atoms with E-state index in [1.807, 2.05) is 0 Å². The van der Waals surface area contributed by atoms with E-state index in [4.69, 9.17) is 9.84 Å². The molecule has 2 saturated heterocycles. The number of aliphatic hydroxyl groups is 2. The van der Waals surface area contributed by atoms with E-state index in [0.717, 1.165) is 0 Å². The van der Waals surface area contributed by atoms with Crippen molar-refractivity contribution in [3.8, 4) is 5.75 Å². The lowest BCUT2D eigenvalue weighted by Gasteiger charge is -2.21. The van der Waals surface area contributed by atoms with E-state index in [9.17, 15) is 14.3 Å². The van der Waals surface area contributed by atoms with Gasteiger partial charge in [-0.05, 0) is 37.1 Å². The number of amides is 1. The first kappa shape index (κ1) is 16.2. The van der Waals surface area contributed by atoms with Gasteiger partial charge in [-0.15, -0.1) is 0 Å². The summed E-state index contributed by atoms with van der Waals surface area (Å²) in [5.41, 5.74) is -0.408. The molecule has 6 nitrogen and oxygen atoms in total. The molecule has 2 unspecified atom stereocenters. The zero-order chi connectivity index (χ0) is 16.4. The first-order valence-electron chi connectivity index (χ1n) is 7.77. The molecule has 0 radical (unpaired) electrons. The van der Waals surface area contributed by atoms with Gasteiger partial charge in [0.1, 0.15) is 12.2 Å². The molecule has 3 rings (SSSR count). The number of hydrogen-bond donors (Lipinski definition) is 4. The van der Waals surface area contributed by atoms with Gasteiger partial charge in [0, 0.05) is 6.54 Å². The van der Waals surface area contributed by atoms with Crippen LogP contribution >= 0.6 is 0 Å². The third-order valence-corrected chi connectivity index (χ3v) is 4.48. The number of rotatable bonds is 5. The molecular weight excluding hydrogens is 303 g/mol. The monoisotopic (exact) mass is 324 g/mol. The third-order valence-electron chi connectivity index (χ3n) is 4.48. The summed E-state index contributed by atoms with van der Waals surface area (Å²) in [6, 6.07) is 4.14. The molecule has 0 spiro atoms. The molecule has 1 aromatic rings. The standard InChI is InChI=1S/C16H21FN2O4/c17-13-5-10(12-6-11(7-20)19-15(12)21)1-2-14(13)23-9-16(22)3-4-18-8-16/h1-2,5,11-12,18,20,22H,3-4,6-9H2,(H,19,21)/t11?,12-,16?/m1/s1. The van der Waals surface area contributed by atoms with Crippen molar-refractivity contribution in [2.75, 3.05) is 26.3 Å². The average Bonchev–Trinajstić information content (AvgIpc) is 3.12. The van der Waals surface area contributed by atoms with Crippen LogP contribution in [0.15, 0.2) is 18.2 Å². The summed E-state index contributed by atoms with van der Waals surface area (Å²) in [5, 5.41) is 25.0. The fourth-order valence-electron chi connectivity index (χ4n) is 3.08. The van der Waals surface area contributed by atoms with Gasteiger partial charge in [-0.1, -0.05) is 6.07 Å². The van der Waals surface area contributed by atoms with Crippen molar-refractivity contribution in [2.24, 2.45) is 0 Å². The zero-order valence-electron chi connectivity index (χ0n) is 12.7. The van der Waals surface area contributed by atoms with Crippen LogP contribution in [0.2, 0.25) is 0 Å². The van der Waals surface area contributed by atoms with Gasteiger partial charge >= 0.3 is 0 Å². The Hall–Kier alpha value is -1.70. The number of β-amino-alcohol motifs (C(OH)–C–C–N with tert-alkyl or cyclic N) is 1. The van der Waals surface area contributed by atoms with Gasteiger partial charge in [-0.25, -0.2) is 4.39 Å². The minimum absolute atomic E-state index is 0.0206. The number of nitrogens with one attached hydrogen (secondary N) is 2. The van der Waals surface area contributed by atoms with Crippen molar-refractivity contribution < 1.29 is 24.1 Å². The predicted molar refractivity (Wildman–Crippen MR) is 80.7 cm³/mol. The minimum Gasteiger partial charge on any atom is -0.487 e. The Morgan fingerprint density at radius 2 is 2.26 bits per heavy atom. The largest absolute Gasteiger partial charge is 0.487 e. The quantitative estimate of drug-likeness (QED) is 0.607. The van der Waals surface area contributed by atoms with Crippen LogP contribution in [0.1, 0.15) is 24.3 Å². The van der Waals surface area contributed by atoms with Crippen molar-refractivity contribution >= 4 is 5.91 Å². The van der Waals surface area contributed by atoms with Crippen molar-refractivity contribution in [3.63, 3.8) is 0 Å². The van der Waals surface area contributed by atoms with E-state index in [1.165, 1.54) is 12.1 Å². The Labute approximate surface area is 133 Å². The Morgan fingerprint density at radius 1 is 1.43 bits per heavy atom. The molecule has 3 atom stereocenters. The highest BCUT2D eigenvalue weighted by Gasteiger charge is 2.34. The number of carbonyl (C=O) groups excluding carboxylic acids is 1. The summed E-state index contributed by atoms with van der Waals surface area (Å²) in [6.07, 6.45) is 1.01. The molecule has 0 aliphatic carbocycles. The molecule has 23 heavy (non-hydrogen) atoms. The van der Waals surface area contributed by atoms with Crippen LogP contribution in [0, 0.1) is 5.82 Å². The van der Waals surface area contributed by atoms with Crippen molar-refractivity contribution in [1.29, 1.82) is 0 Å². The second kappa shape index (κ2) is 6.43. The number of carbonyl (C=O) groups is 1. The summed E-state index contributed by atoms with van der Waals surface area (Å²) >= 11 is 0. The normalized spacial score (nSPS) is 30.5. The zero-order valence-corrected chi connectivity index (χ0v) is 12.7. The highest BCUT2D eigenvalue weighted by Crippen LogP contribution is 2.30. The highest BCUT2D eigenvalue weighted by atomic mass is 19.1. The van der Waals surface area contributed by atoms with Gasteiger partial charge in [0.05, 0.1) is 18.6 Å². The lowest BCUT2D eigenvalue weighted by Crippen LogP contribution is -2.38. The van der Waals surface area contributed by atoms with Crippen LogP contribution in [-0.4, -0.2) is 54.1 Å². The van der Waals surface area contributed by atoms with E-state index in [-0.39, 0.29) is 30.9 Å². The number of halogens is 1. The van der Waals surface area contributed by atoms with Gasteiger partial charge < -0.3 is 25.6 Å². The van der Waals surface area contributed by atoms with Gasteiger partial charge in [0.2, 0.25) is 5.91 Å². The Kier molecular flexibility index (Phi) is 4.52. The number of aliphatic hydroxyl groups excluding tert-OH is 1. The smallest absolute Gasteiger partial charge is 0.227 e. The molecule has 1 aromatic carbocycles. The highest BCUT2D eigenvalue weighted by molar-refractivity contribution is 5.86. The maximum atomic E-state index is 14.2. The fraction of sp³-hybridized carbons (Fsp3) is 0.562. The van der Waals surface area contributed by atoms with Gasteiger partial charge in [-0.3, -0.25) is 4.79 Å². The number of ether oxygens (including phenoxy) is 1. The van der Waals surface area contributed by atoms with Crippen molar-refractivity contribution in [1.82, 2.24) is 10.6 Å². The van der Waals surface area contributed by atoms with Crippen LogP contribution in [0.25, 0.3) is 0 Å². The molecule has 0 saturated carbocycles.